The number of urea groups is 1. The van der Waals surface area contributed by atoms with E-state index < -0.39 is 0 Å². The van der Waals surface area contributed by atoms with Gasteiger partial charge in [-0.25, -0.2) is 4.79 Å². The predicted octanol–water partition coefficient (Wildman–Crippen LogP) is 1.65. The minimum Gasteiger partial charge on any atom is -0.328 e. The number of carbonyl (C=O) groups is 1. The minimum absolute atomic E-state index is 0.160. The maximum absolute atomic E-state index is 12.3. The van der Waals surface area contributed by atoms with Gasteiger partial charge in [0.2, 0.25) is 0 Å². The summed E-state index contributed by atoms with van der Waals surface area (Å²) in [6, 6.07) is 0.722. The van der Waals surface area contributed by atoms with E-state index >= 15 is 0 Å². The quantitative estimate of drug-likeness (QED) is 0.797. The van der Waals surface area contributed by atoms with Gasteiger partial charge in [0.25, 0.3) is 0 Å². The fourth-order valence-electron chi connectivity index (χ4n) is 2.52. The Morgan fingerprint density at radius 3 is 2.50 bits per heavy atom. The number of carbonyl (C=O) groups excluding carboxylic acids is 1. The van der Waals surface area contributed by atoms with Crippen molar-refractivity contribution in [2.75, 3.05) is 19.6 Å². The number of piperidine rings is 1. The Hall–Kier alpha value is -0.770. The number of nitrogens with two attached hydrogens (primary N) is 1. The SMILES string of the molecule is CCN(CC)C(=O)N1C(C)CCCC1CN. The van der Waals surface area contributed by atoms with Gasteiger partial charge in [-0.1, -0.05) is 0 Å². The normalized spacial score (nSPS) is 25.6. The first-order chi connectivity index (χ1) is 7.65. The van der Waals surface area contributed by atoms with Gasteiger partial charge < -0.3 is 15.5 Å². The fourth-order valence-corrected chi connectivity index (χ4v) is 2.52. The van der Waals surface area contributed by atoms with E-state index in [1.165, 1.54) is 6.42 Å². The van der Waals surface area contributed by atoms with Crippen molar-refractivity contribution in [3.05, 3.63) is 0 Å². The van der Waals surface area contributed by atoms with Crippen LogP contribution < -0.4 is 5.73 Å². The molecule has 2 atom stereocenters. The van der Waals surface area contributed by atoms with Crippen LogP contribution in [0, 0.1) is 0 Å². The van der Waals surface area contributed by atoms with E-state index in [1.54, 1.807) is 0 Å². The van der Waals surface area contributed by atoms with Crippen molar-refractivity contribution in [3.63, 3.8) is 0 Å². The molecular formula is C12H25N3O. The van der Waals surface area contributed by atoms with Crippen molar-refractivity contribution < 1.29 is 4.79 Å². The average molecular weight is 227 g/mol. The van der Waals surface area contributed by atoms with Crippen LogP contribution in [-0.2, 0) is 0 Å². The summed E-state index contributed by atoms with van der Waals surface area (Å²) in [5.41, 5.74) is 5.76. The Kier molecular flexibility index (Phi) is 5.06. The third-order valence-corrected chi connectivity index (χ3v) is 3.55. The topological polar surface area (TPSA) is 49.6 Å². The molecule has 1 fully saturated rings. The zero-order chi connectivity index (χ0) is 12.1. The first-order valence-corrected chi connectivity index (χ1v) is 6.42. The van der Waals surface area contributed by atoms with Crippen molar-refractivity contribution in [1.29, 1.82) is 0 Å². The van der Waals surface area contributed by atoms with Crippen molar-refractivity contribution in [2.45, 2.75) is 52.1 Å². The Morgan fingerprint density at radius 2 is 2.00 bits per heavy atom. The van der Waals surface area contributed by atoms with Crippen LogP contribution in [0.5, 0.6) is 0 Å². The van der Waals surface area contributed by atoms with Crippen molar-refractivity contribution >= 4 is 6.03 Å². The summed E-state index contributed by atoms with van der Waals surface area (Å²) in [6.45, 7) is 8.30. The van der Waals surface area contributed by atoms with Crippen LogP contribution >= 0.6 is 0 Å². The van der Waals surface area contributed by atoms with Crippen LogP contribution in [0.25, 0.3) is 0 Å². The fraction of sp³-hybridized carbons (Fsp3) is 0.917. The van der Waals surface area contributed by atoms with Gasteiger partial charge >= 0.3 is 6.03 Å². The molecule has 16 heavy (non-hydrogen) atoms. The molecule has 1 rings (SSSR count). The molecule has 4 heteroatoms. The molecule has 0 radical (unpaired) electrons. The summed E-state index contributed by atoms with van der Waals surface area (Å²) < 4.78 is 0. The van der Waals surface area contributed by atoms with Gasteiger partial charge in [-0.05, 0) is 40.0 Å². The lowest BCUT2D eigenvalue weighted by molar-refractivity contribution is 0.0912. The molecule has 1 aliphatic heterocycles. The molecule has 94 valence electrons. The Labute approximate surface area is 98.8 Å². The number of rotatable bonds is 3. The first kappa shape index (κ1) is 13.3. The molecule has 0 aromatic carbocycles. The second kappa shape index (κ2) is 6.09. The first-order valence-electron chi connectivity index (χ1n) is 6.42. The molecule has 0 aliphatic carbocycles. The highest BCUT2D eigenvalue weighted by molar-refractivity contribution is 5.75. The van der Waals surface area contributed by atoms with Gasteiger partial charge in [0, 0.05) is 31.7 Å². The number of hydrogen-bond donors (Lipinski definition) is 1. The summed E-state index contributed by atoms with van der Waals surface area (Å²) in [5.74, 6) is 0. The highest BCUT2D eigenvalue weighted by Gasteiger charge is 2.32. The second-order valence-corrected chi connectivity index (χ2v) is 4.53. The van der Waals surface area contributed by atoms with Crippen molar-refractivity contribution in [3.8, 4) is 0 Å². The Morgan fingerprint density at radius 1 is 1.38 bits per heavy atom. The van der Waals surface area contributed by atoms with Gasteiger partial charge in [-0.3, -0.25) is 0 Å². The predicted molar refractivity (Wildman–Crippen MR) is 66.3 cm³/mol. The Bertz CT molecular complexity index is 228. The summed E-state index contributed by atoms with van der Waals surface area (Å²) in [4.78, 5) is 16.2. The van der Waals surface area contributed by atoms with Crippen LogP contribution in [0.15, 0.2) is 0 Å². The van der Waals surface area contributed by atoms with E-state index in [1.807, 2.05) is 23.6 Å². The maximum atomic E-state index is 12.3. The molecular weight excluding hydrogens is 202 g/mol. The van der Waals surface area contributed by atoms with E-state index in [0.29, 0.717) is 12.6 Å². The number of hydrogen-bond acceptors (Lipinski definition) is 2. The molecule has 0 aromatic heterocycles. The maximum Gasteiger partial charge on any atom is 0.320 e. The molecule has 1 saturated heterocycles. The molecule has 1 aliphatic rings. The zero-order valence-corrected chi connectivity index (χ0v) is 10.8. The monoisotopic (exact) mass is 227 g/mol. The summed E-state index contributed by atoms with van der Waals surface area (Å²) in [7, 11) is 0. The third-order valence-electron chi connectivity index (χ3n) is 3.55. The highest BCUT2D eigenvalue weighted by atomic mass is 16.2. The van der Waals surface area contributed by atoms with Crippen molar-refractivity contribution in [2.24, 2.45) is 5.73 Å². The van der Waals surface area contributed by atoms with Crippen LogP contribution in [0.1, 0.15) is 40.0 Å². The lowest BCUT2D eigenvalue weighted by Crippen LogP contribution is -2.56. The van der Waals surface area contributed by atoms with Crippen LogP contribution in [0.3, 0.4) is 0 Å². The average Bonchev–Trinajstić information content (AvgIpc) is 2.29. The van der Waals surface area contributed by atoms with Crippen molar-refractivity contribution in [1.82, 2.24) is 9.80 Å². The highest BCUT2D eigenvalue weighted by Crippen LogP contribution is 2.23. The van der Waals surface area contributed by atoms with Gasteiger partial charge in [0.1, 0.15) is 0 Å². The summed E-state index contributed by atoms with van der Waals surface area (Å²) in [6.07, 6.45) is 3.34. The number of likely N-dealkylation sites (tertiary alicyclic amines) is 1. The van der Waals surface area contributed by atoms with Gasteiger partial charge in [-0.15, -0.1) is 0 Å². The van der Waals surface area contributed by atoms with Crippen LogP contribution in [0.2, 0.25) is 0 Å². The standard InChI is InChI=1S/C12H25N3O/c1-4-14(5-2)12(16)15-10(3)7-6-8-11(15)9-13/h10-11H,4-9,13H2,1-3H3. The molecule has 0 spiro atoms. The molecule has 2 N–H and O–H groups in total. The van der Waals surface area contributed by atoms with E-state index in [4.69, 9.17) is 5.73 Å². The number of amides is 2. The summed E-state index contributed by atoms with van der Waals surface area (Å²) >= 11 is 0. The number of nitrogens with zero attached hydrogens (tertiary/aromatic N) is 2. The van der Waals surface area contributed by atoms with Gasteiger partial charge in [-0.2, -0.15) is 0 Å². The molecule has 0 bridgehead atoms. The largest absolute Gasteiger partial charge is 0.328 e. The van der Waals surface area contributed by atoms with Crippen LogP contribution in [-0.4, -0.2) is 47.5 Å². The molecule has 2 unspecified atom stereocenters. The smallest absolute Gasteiger partial charge is 0.320 e. The lowest BCUT2D eigenvalue weighted by atomic mass is 9.97. The summed E-state index contributed by atoms with van der Waals surface area (Å²) in [5, 5.41) is 0. The molecule has 2 amide bonds. The third kappa shape index (κ3) is 2.67. The van der Waals surface area contributed by atoms with E-state index in [-0.39, 0.29) is 12.1 Å². The zero-order valence-electron chi connectivity index (χ0n) is 10.8. The minimum atomic E-state index is 0.160. The molecule has 4 nitrogen and oxygen atoms in total. The molecule has 0 saturated carbocycles. The molecule has 0 aromatic rings. The second-order valence-electron chi connectivity index (χ2n) is 4.53. The van der Waals surface area contributed by atoms with Gasteiger partial charge in [0.05, 0.1) is 0 Å². The molecule has 1 heterocycles. The van der Waals surface area contributed by atoms with E-state index in [9.17, 15) is 4.79 Å². The lowest BCUT2D eigenvalue weighted by Gasteiger charge is -2.42. The van der Waals surface area contributed by atoms with Gasteiger partial charge in [0.15, 0.2) is 0 Å². The van der Waals surface area contributed by atoms with E-state index in [0.717, 1.165) is 25.9 Å². The Balaban J connectivity index is 2.76. The van der Waals surface area contributed by atoms with E-state index in [2.05, 4.69) is 6.92 Å². The van der Waals surface area contributed by atoms with Crippen LogP contribution in [0.4, 0.5) is 4.79 Å².